The first kappa shape index (κ1) is 22.0. The van der Waals surface area contributed by atoms with Crippen molar-refractivity contribution < 1.29 is 27.3 Å². The summed E-state index contributed by atoms with van der Waals surface area (Å²) >= 11 is 0. The van der Waals surface area contributed by atoms with Crippen molar-refractivity contribution in [2.45, 2.75) is 17.7 Å². The third kappa shape index (κ3) is 5.89. The molecule has 3 rings (SSSR count). The number of rotatable bonds is 7. The third-order valence-electron chi connectivity index (χ3n) is 4.24. The molecule has 0 radical (unpaired) electrons. The number of hydrazine groups is 1. The van der Waals surface area contributed by atoms with Gasteiger partial charge in [-0.25, -0.2) is 8.42 Å². The molecule has 1 heterocycles. The Labute approximate surface area is 178 Å². The van der Waals surface area contributed by atoms with Gasteiger partial charge in [-0.3, -0.25) is 20.4 Å². The minimum absolute atomic E-state index is 0.0115. The molecule has 3 aromatic rings. The summed E-state index contributed by atoms with van der Waals surface area (Å²) in [5.74, 6) is 0.350. The fourth-order valence-corrected chi connectivity index (χ4v) is 3.18. The lowest BCUT2D eigenvalue weighted by Gasteiger charge is -2.07. The molecule has 10 nitrogen and oxygen atoms in total. The monoisotopic (exact) mass is 444 g/mol. The number of hydrogen-bond donors (Lipinski definition) is 2. The van der Waals surface area contributed by atoms with Crippen molar-refractivity contribution in [1.82, 2.24) is 21.0 Å². The maximum Gasteiger partial charge on any atom is 0.269 e. The summed E-state index contributed by atoms with van der Waals surface area (Å²) in [4.78, 5) is 28.4. The second-order valence-corrected chi connectivity index (χ2v) is 8.55. The third-order valence-corrected chi connectivity index (χ3v) is 5.37. The Hall–Kier alpha value is -3.73. The van der Waals surface area contributed by atoms with Crippen LogP contribution in [0.3, 0.4) is 0 Å². The SMILES string of the molecule is COc1ccc(-c2noc(CCC(=O)NNC(=O)c3ccc(S(C)(=O)=O)cc3)n2)cc1. The molecule has 0 unspecified atom stereocenters. The molecule has 0 bridgehead atoms. The van der Waals surface area contributed by atoms with Gasteiger partial charge in [-0.15, -0.1) is 0 Å². The zero-order valence-corrected chi connectivity index (χ0v) is 17.6. The number of aromatic nitrogens is 2. The van der Waals surface area contributed by atoms with Crippen LogP contribution in [0.15, 0.2) is 57.9 Å². The quantitative estimate of drug-likeness (QED) is 0.523. The molecule has 2 amide bonds. The van der Waals surface area contributed by atoms with Crippen molar-refractivity contribution in [3.63, 3.8) is 0 Å². The van der Waals surface area contributed by atoms with E-state index >= 15 is 0 Å². The molecule has 0 spiro atoms. The number of amides is 2. The predicted molar refractivity (Wildman–Crippen MR) is 110 cm³/mol. The van der Waals surface area contributed by atoms with Crippen molar-refractivity contribution in [3.05, 3.63) is 60.0 Å². The van der Waals surface area contributed by atoms with Crippen LogP contribution in [-0.4, -0.2) is 43.7 Å². The summed E-state index contributed by atoms with van der Waals surface area (Å²) in [5, 5.41) is 3.89. The van der Waals surface area contributed by atoms with Crippen molar-refractivity contribution in [2.75, 3.05) is 13.4 Å². The minimum Gasteiger partial charge on any atom is -0.497 e. The van der Waals surface area contributed by atoms with E-state index in [0.29, 0.717) is 11.6 Å². The van der Waals surface area contributed by atoms with E-state index in [1.54, 1.807) is 31.4 Å². The first-order valence-corrected chi connectivity index (χ1v) is 11.0. The van der Waals surface area contributed by atoms with Gasteiger partial charge in [0, 0.05) is 30.2 Å². The Balaban J connectivity index is 1.48. The smallest absolute Gasteiger partial charge is 0.269 e. The van der Waals surface area contributed by atoms with Gasteiger partial charge < -0.3 is 9.26 Å². The van der Waals surface area contributed by atoms with E-state index < -0.39 is 21.7 Å². The van der Waals surface area contributed by atoms with E-state index in [0.717, 1.165) is 11.8 Å². The van der Waals surface area contributed by atoms with Crippen LogP contribution in [0.25, 0.3) is 11.4 Å². The minimum atomic E-state index is -3.35. The van der Waals surface area contributed by atoms with Crippen molar-refractivity contribution >= 4 is 21.7 Å². The summed E-state index contributed by atoms with van der Waals surface area (Å²) in [6.45, 7) is 0. The molecule has 0 fully saturated rings. The average molecular weight is 444 g/mol. The molecular formula is C20H20N4O6S. The van der Waals surface area contributed by atoms with Gasteiger partial charge in [-0.1, -0.05) is 5.16 Å². The number of nitrogens with zero attached hydrogens (tertiary/aromatic N) is 2. The van der Waals surface area contributed by atoms with Gasteiger partial charge in [0.2, 0.25) is 17.6 Å². The zero-order valence-electron chi connectivity index (χ0n) is 16.8. The molecule has 0 atom stereocenters. The molecular weight excluding hydrogens is 424 g/mol. The number of ether oxygens (including phenoxy) is 1. The molecule has 2 N–H and O–H groups in total. The van der Waals surface area contributed by atoms with Crippen molar-refractivity contribution in [2.24, 2.45) is 0 Å². The van der Waals surface area contributed by atoms with E-state index in [1.807, 2.05) is 0 Å². The number of nitrogens with one attached hydrogen (secondary N) is 2. The maximum atomic E-state index is 12.1. The number of sulfone groups is 1. The molecule has 162 valence electrons. The summed E-state index contributed by atoms with van der Waals surface area (Å²) in [7, 11) is -1.78. The maximum absolute atomic E-state index is 12.1. The Kier molecular flexibility index (Phi) is 6.65. The molecule has 0 aliphatic heterocycles. The van der Waals surface area contributed by atoms with Gasteiger partial charge >= 0.3 is 0 Å². The molecule has 0 saturated carbocycles. The number of methoxy groups -OCH3 is 1. The lowest BCUT2D eigenvalue weighted by molar-refractivity contribution is -0.121. The number of hydrogen-bond acceptors (Lipinski definition) is 8. The molecule has 31 heavy (non-hydrogen) atoms. The van der Waals surface area contributed by atoms with Crippen LogP contribution in [-0.2, 0) is 21.1 Å². The Bertz CT molecular complexity index is 1170. The van der Waals surface area contributed by atoms with Crippen LogP contribution in [0.4, 0.5) is 0 Å². The average Bonchev–Trinajstić information content (AvgIpc) is 3.24. The normalized spacial score (nSPS) is 11.0. The molecule has 0 aliphatic carbocycles. The van der Waals surface area contributed by atoms with Crippen LogP contribution in [0.5, 0.6) is 5.75 Å². The van der Waals surface area contributed by atoms with Gasteiger partial charge in [-0.05, 0) is 48.5 Å². The van der Waals surface area contributed by atoms with Gasteiger partial charge in [0.15, 0.2) is 9.84 Å². The van der Waals surface area contributed by atoms with Crippen LogP contribution < -0.4 is 15.6 Å². The fraction of sp³-hybridized carbons (Fsp3) is 0.200. The summed E-state index contributed by atoms with van der Waals surface area (Å²) < 4.78 is 33.1. The molecule has 0 saturated heterocycles. The van der Waals surface area contributed by atoms with Crippen molar-refractivity contribution in [1.29, 1.82) is 0 Å². The van der Waals surface area contributed by atoms with E-state index in [4.69, 9.17) is 9.26 Å². The highest BCUT2D eigenvalue weighted by atomic mass is 32.2. The first-order chi connectivity index (χ1) is 14.8. The number of benzene rings is 2. The van der Waals surface area contributed by atoms with Crippen molar-refractivity contribution in [3.8, 4) is 17.1 Å². The van der Waals surface area contributed by atoms with Crippen LogP contribution in [0, 0.1) is 0 Å². The topological polar surface area (TPSA) is 140 Å². The Morgan fingerprint density at radius 1 is 1.03 bits per heavy atom. The van der Waals surface area contributed by atoms with Gasteiger partial charge in [-0.2, -0.15) is 4.98 Å². The van der Waals surface area contributed by atoms with E-state index in [2.05, 4.69) is 21.0 Å². The lowest BCUT2D eigenvalue weighted by Crippen LogP contribution is -2.41. The Morgan fingerprint density at radius 2 is 1.71 bits per heavy atom. The summed E-state index contributed by atoms with van der Waals surface area (Å²) in [6.07, 6.45) is 1.27. The molecule has 0 aliphatic rings. The standard InChI is InChI=1S/C20H20N4O6S/c1-29-15-7-3-13(4-8-15)19-21-18(30-24-19)12-11-17(25)22-23-20(26)14-5-9-16(10-6-14)31(2,27)28/h3-10H,11-12H2,1-2H3,(H,22,25)(H,23,26). The zero-order chi connectivity index (χ0) is 22.4. The van der Waals surface area contributed by atoms with Gasteiger partial charge in [0.1, 0.15) is 5.75 Å². The molecule has 11 heteroatoms. The highest BCUT2D eigenvalue weighted by Crippen LogP contribution is 2.20. The highest BCUT2D eigenvalue weighted by molar-refractivity contribution is 7.90. The van der Waals surface area contributed by atoms with E-state index in [9.17, 15) is 18.0 Å². The number of aryl methyl sites for hydroxylation is 1. The summed E-state index contributed by atoms with van der Waals surface area (Å²) in [5.41, 5.74) is 5.50. The lowest BCUT2D eigenvalue weighted by atomic mass is 10.2. The number of carbonyl (C=O) groups excluding carboxylic acids is 2. The number of carbonyl (C=O) groups is 2. The van der Waals surface area contributed by atoms with Crippen LogP contribution >= 0.6 is 0 Å². The second-order valence-electron chi connectivity index (χ2n) is 6.54. The molecule has 1 aromatic heterocycles. The van der Waals surface area contributed by atoms with Crippen LogP contribution in [0.1, 0.15) is 22.7 Å². The van der Waals surface area contributed by atoms with E-state index in [1.165, 1.54) is 24.3 Å². The van der Waals surface area contributed by atoms with Gasteiger partial charge in [0.05, 0.1) is 12.0 Å². The predicted octanol–water partition coefficient (Wildman–Crippen LogP) is 1.54. The second kappa shape index (κ2) is 9.39. The largest absolute Gasteiger partial charge is 0.497 e. The molecule has 2 aromatic carbocycles. The Morgan fingerprint density at radius 3 is 2.32 bits per heavy atom. The van der Waals surface area contributed by atoms with Crippen LogP contribution in [0.2, 0.25) is 0 Å². The highest BCUT2D eigenvalue weighted by Gasteiger charge is 2.13. The first-order valence-electron chi connectivity index (χ1n) is 9.12. The summed E-state index contributed by atoms with van der Waals surface area (Å²) in [6, 6.07) is 12.5. The van der Waals surface area contributed by atoms with Gasteiger partial charge in [0.25, 0.3) is 5.91 Å². The fourth-order valence-electron chi connectivity index (χ4n) is 2.55. The van der Waals surface area contributed by atoms with E-state index in [-0.39, 0.29) is 29.2 Å².